The minimum Gasteiger partial charge on any atom is -0.353 e. The topological polar surface area (TPSA) is 105 Å². The summed E-state index contributed by atoms with van der Waals surface area (Å²) in [6.45, 7) is 5.56. The number of amides is 1. The first-order valence-electron chi connectivity index (χ1n) is 6.86. The van der Waals surface area contributed by atoms with Crippen molar-refractivity contribution in [2.24, 2.45) is 7.05 Å². The molecule has 0 aromatic carbocycles. The van der Waals surface area contributed by atoms with Crippen molar-refractivity contribution in [1.82, 2.24) is 25.1 Å². The van der Waals surface area contributed by atoms with Gasteiger partial charge in [-0.25, -0.2) is 8.42 Å². The number of nitrogens with zero attached hydrogens (tertiary/aromatic N) is 2. The predicted molar refractivity (Wildman–Crippen MR) is 79.2 cm³/mol. The number of sulfonamides is 1. The van der Waals surface area contributed by atoms with Gasteiger partial charge in [-0.2, -0.15) is 9.82 Å². The molecule has 1 rings (SSSR count). The highest BCUT2D eigenvalue weighted by atomic mass is 32.2. The SMILES string of the molecule is CCCNCCNC(=O)C(C)NS(=O)(=O)c1cnn(C)c1. The highest BCUT2D eigenvalue weighted by Gasteiger charge is 2.22. The van der Waals surface area contributed by atoms with Crippen LogP contribution in [0.2, 0.25) is 0 Å². The summed E-state index contributed by atoms with van der Waals surface area (Å²) in [4.78, 5) is 11.8. The Bertz CT molecular complexity index is 555. The number of hydrogen-bond acceptors (Lipinski definition) is 5. The summed E-state index contributed by atoms with van der Waals surface area (Å²) in [6, 6.07) is -0.846. The smallest absolute Gasteiger partial charge is 0.244 e. The molecule has 1 unspecified atom stereocenters. The standard InChI is InChI=1S/C12H23N5O3S/c1-4-5-13-6-7-14-12(18)10(2)16-21(19,20)11-8-15-17(3)9-11/h8-10,13,16H,4-7H2,1-3H3,(H,14,18). The summed E-state index contributed by atoms with van der Waals surface area (Å²) in [7, 11) is -2.11. The van der Waals surface area contributed by atoms with Crippen LogP contribution in [0.15, 0.2) is 17.3 Å². The molecule has 3 N–H and O–H groups in total. The number of hydrogen-bond donors (Lipinski definition) is 3. The first kappa shape index (κ1) is 17.6. The number of carbonyl (C=O) groups is 1. The van der Waals surface area contributed by atoms with Crippen molar-refractivity contribution in [3.63, 3.8) is 0 Å². The third-order valence-corrected chi connectivity index (χ3v) is 4.24. The zero-order valence-corrected chi connectivity index (χ0v) is 13.4. The van der Waals surface area contributed by atoms with E-state index in [1.807, 2.05) is 0 Å². The van der Waals surface area contributed by atoms with E-state index < -0.39 is 16.1 Å². The first-order chi connectivity index (χ1) is 9.86. The molecule has 1 heterocycles. The molecule has 0 bridgehead atoms. The molecule has 1 atom stereocenters. The number of aryl methyl sites for hydroxylation is 1. The first-order valence-corrected chi connectivity index (χ1v) is 8.34. The Kier molecular flexibility index (Phi) is 6.79. The lowest BCUT2D eigenvalue weighted by molar-refractivity contribution is -0.122. The van der Waals surface area contributed by atoms with Crippen molar-refractivity contribution in [3.8, 4) is 0 Å². The van der Waals surface area contributed by atoms with Crippen LogP contribution in [0.3, 0.4) is 0 Å². The van der Waals surface area contributed by atoms with E-state index in [2.05, 4.69) is 27.4 Å². The summed E-state index contributed by atoms with van der Waals surface area (Å²) in [5, 5.41) is 9.62. The van der Waals surface area contributed by atoms with E-state index in [4.69, 9.17) is 0 Å². The molecule has 0 aliphatic carbocycles. The van der Waals surface area contributed by atoms with Crippen molar-refractivity contribution in [3.05, 3.63) is 12.4 Å². The van der Waals surface area contributed by atoms with E-state index in [1.54, 1.807) is 7.05 Å². The molecule has 1 amide bonds. The van der Waals surface area contributed by atoms with Crippen LogP contribution in [0.5, 0.6) is 0 Å². The molecule has 9 heteroatoms. The molecule has 1 aromatic heterocycles. The van der Waals surface area contributed by atoms with Crippen molar-refractivity contribution >= 4 is 15.9 Å². The molecule has 0 saturated carbocycles. The van der Waals surface area contributed by atoms with Crippen molar-refractivity contribution in [2.45, 2.75) is 31.2 Å². The Hall–Kier alpha value is -1.45. The van der Waals surface area contributed by atoms with Gasteiger partial charge < -0.3 is 10.6 Å². The van der Waals surface area contributed by atoms with Gasteiger partial charge in [0.2, 0.25) is 15.9 Å². The molecule has 0 saturated heterocycles. The van der Waals surface area contributed by atoms with Gasteiger partial charge in [0.25, 0.3) is 0 Å². The third-order valence-electron chi connectivity index (χ3n) is 2.74. The zero-order chi connectivity index (χ0) is 15.9. The van der Waals surface area contributed by atoms with Crippen LogP contribution in [0.25, 0.3) is 0 Å². The number of rotatable bonds is 9. The predicted octanol–water partition coefficient (Wildman–Crippen LogP) is -0.797. The van der Waals surface area contributed by atoms with Gasteiger partial charge in [0.15, 0.2) is 0 Å². The number of nitrogens with one attached hydrogen (secondary N) is 3. The van der Waals surface area contributed by atoms with Crippen LogP contribution < -0.4 is 15.4 Å². The van der Waals surface area contributed by atoms with Gasteiger partial charge in [0.1, 0.15) is 4.90 Å². The van der Waals surface area contributed by atoms with Crippen LogP contribution in [0.1, 0.15) is 20.3 Å². The van der Waals surface area contributed by atoms with Crippen molar-refractivity contribution in [2.75, 3.05) is 19.6 Å². The Morgan fingerprint density at radius 1 is 1.38 bits per heavy atom. The Balaban J connectivity index is 2.44. The molecule has 0 fully saturated rings. The quantitative estimate of drug-likeness (QED) is 0.517. The second-order valence-corrected chi connectivity index (χ2v) is 6.45. The second-order valence-electron chi connectivity index (χ2n) is 4.73. The van der Waals surface area contributed by atoms with E-state index in [-0.39, 0.29) is 10.8 Å². The van der Waals surface area contributed by atoms with Crippen molar-refractivity contribution in [1.29, 1.82) is 0 Å². The molecule has 8 nitrogen and oxygen atoms in total. The molecule has 0 aliphatic rings. The lowest BCUT2D eigenvalue weighted by Gasteiger charge is -2.13. The average Bonchev–Trinajstić information content (AvgIpc) is 2.85. The maximum Gasteiger partial charge on any atom is 0.244 e. The third kappa shape index (κ3) is 5.82. The van der Waals surface area contributed by atoms with E-state index in [1.165, 1.54) is 24.0 Å². The van der Waals surface area contributed by atoms with E-state index >= 15 is 0 Å². The molecule has 0 aliphatic heterocycles. The molecular weight excluding hydrogens is 294 g/mol. The van der Waals surface area contributed by atoms with E-state index in [0.717, 1.165) is 13.0 Å². The van der Waals surface area contributed by atoms with Gasteiger partial charge in [-0.3, -0.25) is 9.48 Å². The lowest BCUT2D eigenvalue weighted by Crippen LogP contribution is -2.46. The van der Waals surface area contributed by atoms with Crippen molar-refractivity contribution < 1.29 is 13.2 Å². The van der Waals surface area contributed by atoms with Gasteiger partial charge in [-0.15, -0.1) is 0 Å². The summed E-state index contributed by atoms with van der Waals surface area (Å²) >= 11 is 0. The lowest BCUT2D eigenvalue weighted by atomic mass is 10.3. The van der Waals surface area contributed by atoms with E-state index in [9.17, 15) is 13.2 Å². The van der Waals surface area contributed by atoms with Gasteiger partial charge >= 0.3 is 0 Å². The van der Waals surface area contributed by atoms with Gasteiger partial charge in [0, 0.05) is 26.3 Å². The minimum atomic E-state index is -3.73. The number of carbonyl (C=O) groups excluding carboxylic acids is 1. The zero-order valence-electron chi connectivity index (χ0n) is 12.6. The summed E-state index contributed by atoms with van der Waals surface area (Å²) in [5.41, 5.74) is 0. The van der Waals surface area contributed by atoms with Gasteiger partial charge in [-0.05, 0) is 19.9 Å². The molecular formula is C12H23N5O3S. The van der Waals surface area contributed by atoms with Gasteiger partial charge in [0.05, 0.1) is 12.2 Å². The monoisotopic (exact) mass is 317 g/mol. The van der Waals surface area contributed by atoms with Crippen LogP contribution in [0.4, 0.5) is 0 Å². The number of aromatic nitrogens is 2. The Morgan fingerprint density at radius 2 is 2.10 bits per heavy atom. The van der Waals surface area contributed by atoms with E-state index in [0.29, 0.717) is 13.1 Å². The molecule has 120 valence electrons. The summed E-state index contributed by atoms with van der Waals surface area (Å²) < 4.78 is 27.7. The summed E-state index contributed by atoms with van der Waals surface area (Å²) in [6.07, 6.45) is 3.64. The maximum atomic E-state index is 12.0. The molecule has 1 aromatic rings. The van der Waals surface area contributed by atoms with Crippen LogP contribution >= 0.6 is 0 Å². The highest BCUT2D eigenvalue weighted by Crippen LogP contribution is 2.06. The normalized spacial score (nSPS) is 13.1. The molecule has 21 heavy (non-hydrogen) atoms. The molecule has 0 radical (unpaired) electrons. The average molecular weight is 317 g/mol. The molecule has 0 spiro atoms. The minimum absolute atomic E-state index is 0.0364. The van der Waals surface area contributed by atoms with Gasteiger partial charge in [-0.1, -0.05) is 6.92 Å². The van der Waals surface area contributed by atoms with Crippen LogP contribution in [-0.4, -0.2) is 49.8 Å². The Labute approximate surface area is 125 Å². The Morgan fingerprint density at radius 3 is 2.67 bits per heavy atom. The van der Waals surface area contributed by atoms with Crippen LogP contribution in [0, 0.1) is 0 Å². The fourth-order valence-corrected chi connectivity index (χ4v) is 2.81. The second kappa shape index (κ2) is 8.11. The fraction of sp³-hybridized carbons (Fsp3) is 0.667. The summed E-state index contributed by atoms with van der Waals surface area (Å²) in [5.74, 6) is -0.360. The fourth-order valence-electron chi connectivity index (χ4n) is 1.62. The van der Waals surface area contributed by atoms with Crippen LogP contribution in [-0.2, 0) is 21.9 Å². The highest BCUT2D eigenvalue weighted by molar-refractivity contribution is 7.89. The largest absolute Gasteiger partial charge is 0.353 e. The maximum absolute atomic E-state index is 12.0.